The Hall–Kier alpha value is -1.19. The number of rotatable bonds is 6. The van der Waals surface area contributed by atoms with Crippen molar-refractivity contribution < 1.29 is 9.47 Å². The van der Waals surface area contributed by atoms with E-state index in [9.17, 15) is 0 Å². The third kappa shape index (κ3) is 5.43. The summed E-state index contributed by atoms with van der Waals surface area (Å²) in [5, 5.41) is 0. The van der Waals surface area contributed by atoms with Gasteiger partial charge in [0, 0.05) is 6.54 Å². The summed E-state index contributed by atoms with van der Waals surface area (Å²) in [7, 11) is 1.66. The third-order valence-corrected chi connectivity index (χ3v) is 3.38. The number of para-hydroxylation sites is 2. The van der Waals surface area contributed by atoms with Gasteiger partial charge in [-0.3, -0.25) is 4.90 Å². The lowest BCUT2D eigenvalue weighted by Crippen LogP contribution is -2.29. The number of nitrogens with zero attached hydrogens (tertiary/aromatic N) is 1. The third-order valence-electron chi connectivity index (χ3n) is 3.38. The number of ether oxygens (including phenoxy) is 2. The van der Waals surface area contributed by atoms with Crippen molar-refractivity contribution in [1.82, 2.24) is 4.90 Å². The number of hydrogen-bond donors (Lipinski definition) is 0. The van der Waals surface area contributed by atoms with Crippen LogP contribution in [0.3, 0.4) is 0 Å². The zero-order chi connectivity index (χ0) is 13.3. The van der Waals surface area contributed by atoms with Gasteiger partial charge in [-0.2, -0.15) is 0 Å². The minimum Gasteiger partial charge on any atom is -0.493 e. The van der Waals surface area contributed by atoms with Crippen molar-refractivity contribution in [3.05, 3.63) is 36.4 Å². The molecule has 20 heavy (non-hydrogen) atoms. The van der Waals surface area contributed by atoms with Crippen molar-refractivity contribution in [1.29, 1.82) is 0 Å². The molecule has 2 rings (SSSR count). The van der Waals surface area contributed by atoms with Gasteiger partial charge in [-0.25, -0.2) is 0 Å². The molecule has 1 heterocycles. The van der Waals surface area contributed by atoms with Gasteiger partial charge in [-0.05, 0) is 38.1 Å². The highest BCUT2D eigenvalue weighted by molar-refractivity contribution is 5.85. The molecule has 0 aromatic heterocycles. The molecule has 1 aromatic carbocycles. The Balaban J connectivity index is 0.00000200. The predicted octanol–water partition coefficient (Wildman–Crippen LogP) is 3.54. The lowest BCUT2D eigenvalue weighted by molar-refractivity contribution is 0.251. The zero-order valence-electron chi connectivity index (χ0n) is 12.1. The van der Waals surface area contributed by atoms with Crippen molar-refractivity contribution in [2.24, 2.45) is 0 Å². The molecule has 4 heteroatoms. The van der Waals surface area contributed by atoms with Crippen LogP contribution in [0.25, 0.3) is 0 Å². The molecule has 1 fully saturated rings. The average molecular weight is 298 g/mol. The molecule has 0 unspecified atom stereocenters. The van der Waals surface area contributed by atoms with E-state index in [4.69, 9.17) is 9.47 Å². The van der Waals surface area contributed by atoms with E-state index in [-0.39, 0.29) is 12.4 Å². The van der Waals surface area contributed by atoms with Crippen LogP contribution in [0.4, 0.5) is 0 Å². The van der Waals surface area contributed by atoms with Gasteiger partial charge in [0.05, 0.1) is 7.11 Å². The first kappa shape index (κ1) is 16.9. The number of piperidine rings is 1. The van der Waals surface area contributed by atoms with Crippen LogP contribution in [0.2, 0.25) is 0 Å². The molecule has 0 amide bonds. The molecule has 1 aliphatic rings. The summed E-state index contributed by atoms with van der Waals surface area (Å²) in [5.41, 5.74) is 0. The summed E-state index contributed by atoms with van der Waals surface area (Å²) in [6, 6.07) is 7.73. The normalized spacial score (nSPS) is 15.8. The van der Waals surface area contributed by atoms with Gasteiger partial charge < -0.3 is 9.47 Å². The van der Waals surface area contributed by atoms with Crippen LogP contribution >= 0.6 is 12.4 Å². The Morgan fingerprint density at radius 1 is 1.05 bits per heavy atom. The van der Waals surface area contributed by atoms with E-state index in [2.05, 4.69) is 17.1 Å². The summed E-state index contributed by atoms with van der Waals surface area (Å²) in [6.07, 6.45) is 8.34. The van der Waals surface area contributed by atoms with Crippen LogP contribution in [0.15, 0.2) is 36.4 Å². The lowest BCUT2D eigenvalue weighted by atomic mass is 10.1. The van der Waals surface area contributed by atoms with E-state index >= 15 is 0 Å². The molecule has 3 nitrogen and oxygen atoms in total. The maximum Gasteiger partial charge on any atom is 0.161 e. The van der Waals surface area contributed by atoms with E-state index < -0.39 is 0 Å². The molecule has 112 valence electrons. The Morgan fingerprint density at radius 3 is 2.45 bits per heavy atom. The summed E-state index contributed by atoms with van der Waals surface area (Å²) in [5.74, 6) is 1.58. The SMILES string of the molecule is COc1ccccc1OC/C=C/CN1CCCCC1.Cl. The first-order chi connectivity index (χ1) is 9.40. The first-order valence-corrected chi connectivity index (χ1v) is 7.03. The first-order valence-electron chi connectivity index (χ1n) is 7.03. The monoisotopic (exact) mass is 297 g/mol. The van der Waals surface area contributed by atoms with Crippen molar-refractivity contribution in [2.45, 2.75) is 19.3 Å². The van der Waals surface area contributed by atoms with Gasteiger partial charge >= 0.3 is 0 Å². The largest absolute Gasteiger partial charge is 0.493 e. The second-order valence-corrected chi connectivity index (χ2v) is 4.79. The van der Waals surface area contributed by atoms with E-state index in [1.165, 1.54) is 32.4 Å². The minimum absolute atomic E-state index is 0. The molecule has 0 saturated carbocycles. The number of likely N-dealkylation sites (tertiary alicyclic amines) is 1. The van der Waals surface area contributed by atoms with Crippen molar-refractivity contribution >= 4 is 12.4 Å². The standard InChI is InChI=1S/C16H23NO2.ClH/c1-18-15-9-3-4-10-16(15)19-14-8-7-13-17-11-5-2-6-12-17;/h3-4,7-10H,2,5-6,11-14H2,1H3;1H/b8-7+;. The van der Waals surface area contributed by atoms with Crippen LogP contribution in [0.1, 0.15) is 19.3 Å². The quantitative estimate of drug-likeness (QED) is 0.750. The molecule has 0 atom stereocenters. The van der Waals surface area contributed by atoms with E-state index in [0.29, 0.717) is 6.61 Å². The molecule has 1 aromatic rings. The fourth-order valence-electron chi connectivity index (χ4n) is 2.31. The molecular formula is C16H24ClNO2. The molecule has 0 N–H and O–H groups in total. The summed E-state index contributed by atoms with van der Waals surface area (Å²) >= 11 is 0. The maximum absolute atomic E-state index is 5.69. The molecule has 1 aliphatic heterocycles. The Labute approximate surface area is 128 Å². The topological polar surface area (TPSA) is 21.7 Å². The Morgan fingerprint density at radius 2 is 1.75 bits per heavy atom. The van der Waals surface area contributed by atoms with Gasteiger partial charge in [0.25, 0.3) is 0 Å². The highest BCUT2D eigenvalue weighted by atomic mass is 35.5. The van der Waals surface area contributed by atoms with Crippen LogP contribution in [0, 0.1) is 0 Å². The minimum atomic E-state index is 0. The molecule has 0 radical (unpaired) electrons. The smallest absolute Gasteiger partial charge is 0.161 e. The lowest BCUT2D eigenvalue weighted by Gasteiger charge is -2.24. The molecule has 0 bridgehead atoms. The Bertz CT molecular complexity index is 403. The van der Waals surface area contributed by atoms with Gasteiger partial charge in [0.15, 0.2) is 11.5 Å². The maximum atomic E-state index is 5.69. The summed E-state index contributed by atoms with van der Waals surface area (Å²) < 4.78 is 10.9. The Kier molecular flexibility index (Phi) is 8.16. The molecular weight excluding hydrogens is 274 g/mol. The number of halogens is 1. The van der Waals surface area contributed by atoms with E-state index in [0.717, 1.165) is 18.0 Å². The number of benzene rings is 1. The number of hydrogen-bond acceptors (Lipinski definition) is 3. The predicted molar refractivity (Wildman–Crippen MR) is 85.2 cm³/mol. The van der Waals surface area contributed by atoms with Gasteiger partial charge in [-0.1, -0.05) is 30.7 Å². The van der Waals surface area contributed by atoms with E-state index in [1.807, 2.05) is 24.3 Å². The molecule has 0 aliphatic carbocycles. The van der Waals surface area contributed by atoms with Crippen LogP contribution in [-0.4, -0.2) is 38.3 Å². The zero-order valence-corrected chi connectivity index (χ0v) is 12.9. The van der Waals surface area contributed by atoms with Crippen molar-refractivity contribution in [2.75, 3.05) is 33.4 Å². The highest BCUT2D eigenvalue weighted by Gasteiger charge is 2.07. The number of methoxy groups -OCH3 is 1. The van der Waals surface area contributed by atoms with Gasteiger partial charge in [-0.15, -0.1) is 12.4 Å². The molecule has 1 saturated heterocycles. The van der Waals surface area contributed by atoms with Crippen LogP contribution in [0.5, 0.6) is 11.5 Å². The fourth-order valence-corrected chi connectivity index (χ4v) is 2.31. The summed E-state index contributed by atoms with van der Waals surface area (Å²) in [4.78, 5) is 2.49. The fraction of sp³-hybridized carbons (Fsp3) is 0.500. The van der Waals surface area contributed by atoms with Crippen molar-refractivity contribution in [3.63, 3.8) is 0 Å². The average Bonchev–Trinajstić information content (AvgIpc) is 2.48. The van der Waals surface area contributed by atoms with Crippen molar-refractivity contribution in [3.8, 4) is 11.5 Å². The molecule has 0 spiro atoms. The second kappa shape index (κ2) is 9.67. The second-order valence-electron chi connectivity index (χ2n) is 4.79. The van der Waals surface area contributed by atoms with Crippen LogP contribution in [-0.2, 0) is 0 Å². The summed E-state index contributed by atoms with van der Waals surface area (Å²) in [6.45, 7) is 4.10. The van der Waals surface area contributed by atoms with Gasteiger partial charge in [0.2, 0.25) is 0 Å². The van der Waals surface area contributed by atoms with Crippen LogP contribution < -0.4 is 9.47 Å². The van der Waals surface area contributed by atoms with E-state index in [1.54, 1.807) is 7.11 Å². The highest BCUT2D eigenvalue weighted by Crippen LogP contribution is 2.25. The van der Waals surface area contributed by atoms with Gasteiger partial charge in [0.1, 0.15) is 6.61 Å².